The van der Waals surface area contributed by atoms with E-state index in [1.807, 2.05) is 35.4 Å². The van der Waals surface area contributed by atoms with Crippen molar-refractivity contribution in [2.75, 3.05) is 26.2 Å². The molecule has 31 heavy (non-hydrogen) atoms. The number of hydrogen-bond acceptors (Lipinski definition) is 7. The lowest BCUT2D eigenvalue weighted by molar-refractivity contribution is -0.119. The maximum absolute atomic E-state index is 10.9. The van der Waals surface area contributed by atoms with Gasteiger partial charge in [-0.05, 0) is 42.8 Å². The topological polar surface area (TPSA) is 104 Å². The molecule has 0 unspecified atom stereocenters. The van der Waals surface area contributed by atoms with Gasteiger partial charge in [-0.1, -0.05) is 5.16 Å². The van der Waals surface area contributed by atoms with Gasteiger partial charge in [0.15, 0.2) is 5.82 Å². The SMILES string of the molecule is Cc1noc(-c2ccc3nc(Cc4cc(CN5CCN(C=O)CC5)ccn4)[nH]c3c2)n1. The summed E-state index contributed by atoms with van der Waals surface area (Å²) in [5.41, 5.74) is 4.86. The second-order valence-corrected chi connectivity index (χ2v) is 7.81. The van der Waals surface area contributed by atoms with Crippen LogP contribution in [0.15, 0.2) is 41.1 Å². The highest BCUT2D eigenvalue weighted by molar-refractivity contribution is 5.80. The number of imidazole rings is 1. The Balaban J connectivity index is 1.29. The number of nitrogens with one attached hydrogen (secondary N) is 1. The Morgan fingerprint density at radius 3 is 2.77 bits per heavy atom. The number of amides is 1. The highest BCUT2D eigenvalue weighted by Crippen LogP contribution is 2.22. The van der Waals surface area contributed by atoms with Crippen molar-refractivity contribution in [3.05, 3.63) is 59.4 Å². The number of hydrogen-bond donors (Lipinski definition) is 1. The molecule has 3 aromatic heterocycles. The summed E-state index contributed by atoms with van der Waals surface area (Å²) < 4.78 is 5.26. The first-order chi connectivity index (χ1) is 15.2. The summed E-state index contributed by atoms with van der Waals surface area (Å²) in [6.07, 6.45) is 3.41. The molecule has 9 heteroatoms. The molecule has 0 aliphatic carbocycles. The number of nitrogens with zero attached hydrogens (tertiary/aromatic N) is 6. The zero-order chi connectivity index (χ0) is 21.2. The van der Waals surface area contributed by atoms with E-state index in [2.05, 4.69) is 31.1 Å². The predicted molar refractivity (Wildman–Crippen MR) is 114 cm³/mol. The number of aryl methyl sites for hydroxylation is 1. The van der Waals surface area contributed by atoms with Gasteiger partial charge in [-0.2, -0.15) is 4.98 Å². The Hall–Kier alpha value is -3.59. The number of fused-ring (bicyclic) bond motifs is 1. The van der Waals surface area contributed by atoms with Gasteiger partial charge in [-0.3, -0.25) is 14.7 Å². The van der Waals surface area contributed by atoms with Crippen LogP contribution >= 0.6 is 0 Å². The van der Waals surface area contributed by atoms with Crippen LogP contribution in [0, 0.1) is 6.92 Å². The summed E-state index contributed by atoms with van der Waals surface area (Å²) in [6.45, 7) is 6.00. The molecular weight excluding hydrogens is 394 g/mol. The lowest BCUT2D eigenvalue weighted by atomic mass is 10.1. The monoisotopic (exact) mass is 417 g/mol. The maximum Gasteiger partial charge on any atom is 0.257 e. The summed E-state index contributed by atoms with van der Waals surface area (Å²) in [6, 6.07) is 10.0. The fourth-order valence-corrected chi connectivity index (χ4v) is 3.87. The zero-order valence-electron chi connectivity index (χ0n) is 17.3. The van der Waals surface area contributed by atoms with Crippen LogP contribution in [0.25, 0.3) is 22.5 Å². The molecule has 0 radical (unpaired) electrons. The normalized spacial score (nSPS) is 14.9. The number of H-pyrrole nitrogens is 1. The van der Waals surface area contributed by atoms with Crippen LogP contribution in [0.2, 0.25) is 0 Å². The standard InChI is InChI=1S/C22H23N7O2/c1-15-24-22(31-27-15)17-2-3-19-20(11-17)26-21(25-19)12-18-10-16(4-5-23-18)13-28-6-8-29(14-30)9-7-28/h2-5,10-11,14H,6-9,12-13H2,1H3,(H,25,26). The highest BCUT2D eigenvalue weighted by atomic mass is 16.5. The number of pyridine rings is 1. The van der Waals surface area contributed by atoms with Gasteiger partial charge < -0.3 is 14.4 Å². The second kappa shape index (κ2) is 8.27. The van der Waals surface area contributed by atoms with Crippen molar-refractivity contribution in [2.45, 2.75) is 19.9 Å². The molecule has 0 saturated carbocycles. The summed E-state index contributed by atoms with van der Waals surface area (Å²) >= 11 is 0. The molecule has 9 nitrogen and oxygen atoms in total. The van der Waals surface area contributed by atoms with Crippen LogP contribution in [-0.2, 0) is 17.8 Å². The van der Waals surface area contributed by atoms with E-state index < -0.39 is 0 Å². The van der Waals surface area contributed by atoms with Crippen molar-refractivity contribution >= 4 is 17.4 Å². The largest absolute Gasteiger partial charge is 0.343 e. The molecule has 158 valence electrons. The highest BCUT2D eigenvalue weighted by Gasteiger charge is 2.16. The van der Waals surface area contributed by atoms with Crippen LogP contribution in [0.4, 0.5) is 0 Å². The number of piperazine rings is 1. The van der Waals surface area contributed by atoms with Crippen molar-refractivity contribution in [1.29, 1.82) is 0 Å². The third-order valence-electron chi connectivity index (χ3n) is 5.50. The average molecular weight is 417 g/mol. The zero-order valence-corrected chi connectivity index (χ0v) is 17.3. The van der Waals surface area contributed by atoms with Gasteiger partial charge in [0.05, 0.1) is 11.0 Å². The summed E-state index contributed by atoms with van der Waals surface area (Å²) in [5.74, 6) is 1.97. The van der Waals surface area contributed by atoms with Crippen LogP contribution in [0.5, 0.6) is 0 Å². The Morgan fingerprint density at radius 1 is 1.13 bits per heavy atom. The minimum atomic E-state index is 0.499. The number of carbonyl (C=O) groups is 1. The van der Waals surface area contributed by atoms with Gasteiger partial charge in [0, 0.05) is 56.6 Å². The molecule has 5 rings (SSSR count). The number of aromatic amines is 1. The van der Waals surface area contributed by atoms with Gasteiger partial charge in [-0.25, -0.2) is 4.98 Å². The number of benzene rings is 1. The maximum atomic E-state index is 10.9. The van der Waals surface area contributed by atoms with Crippen LogP contribution in [0.1, 0.15) is 22.9 Å². The Kier molecular flexibility index (Phi) is 5.17. The van der Waals surface area contributed by atoms with Crippen molar-refractivity contribution in [1.82, 2.24) is 34.9 Å². The summed E-state index contributed by atoms with van der Waals surface area (Å²) in [7, 11) is 0. The van der Waals surface area contributed by atoms with Crippen LogP contribution < -0.4 is 0 Å². The molecule has 1 aliphatic rings. The third-order valence-corrected chi connectivity index (χ3v) is 5.50. The molecular formula is C22H23N7O2. The van der Waals surface area contributed by atoms with E-state index in [1.54, 1.807) is 6.92 Å². The molecule has 1 fully saturated rings. The van der Waals surface area contributed by atoms with Gasteiger partial charge >= 0.3 is 0 Å². The molecule has 0 atom stereocenters. The Morgan fingerprint density at radius 2 is 2.00 bits per heavy atom. The summed E-state index contributed by atoms with van der Waals surface area (Å²) in [4.78, 5) is 32.0. The van der Waals surface area contributed by atoms with Crippen LogP contribution in [-0.4, -0.2) is 67.5 Å². The fraction of sp³-hybridized carbons (Fsp3) is 0.318. The summed E-state index contributed by atoms with van der Waals surface area (Å²) in [5, 5.41) is 3.85. The molecule has 1 N–H and O–H groups in total. The predicted octanol–water partition coefficient (Wildman–Crippen LogP) is 2.18. The quantitative estimate of drug-likeness (QED) is 0.480. The van der Waals surface area contributed by atoms with Crippen LogP contribution in [0.3, 0.4) is 0 Å². The lowest BCUT2D eigenvalue weighted by Crippen LogP contribution is -2.45. The number of carbonyl (C=O) groups excluding carboxylic acids is 1. The fourth-order valence-electron chi connectivity index (χ4n) is 3.87. The van der Waals surface area contributed by atoms with E-state index >= 15 is 0 Å². The van der Waals surface area contributed by atoms with Gasteiger partial charge in [0.1, 0.15) is 5.82 Å². The first-order valence-electron chi connectivity index (χ1n) is 10.3. The lowest BCUT2D eigenvalue weighted by Gasteiger charge is -2.32. The average Bonchev–Trinajstić information content (AvgIpc) is 3.39. The molecule has 4 aromatic rings. The van der Waals surface area contributed by atoms with E-state index in [1.165, 1.54) is 5.56 Å². The van der Waals surface area contributed by atoms with E-state index in [9.17, 15) is 4.79 Å². The molecule has 0 bridgehead atoms. The van der Waals surface area contributed by atoms with E-state index in [4.69, 9.17) is 9.51 Å². The van der Waals surface area contributed by atoms with Crippen molar-refractivity contribution in [2.24, 2.45) is 0 Å². The second-order valence-electron chi connectivity index (χ2n) is 7.81. The van der Waals surface area contributed by atoms with Crippen molar-refractivity contribution in [3.8, 4) is 11.5 Å². The molecule has 4 heterocycles. The van der Waals surface area contributed by atoms with Crippen molar-refractivity contribution in [3.63, 3.8) is 0 Å². The molecule has 1 saturated heterocycles. The molecule has 1 aromatic carbocycles. The first-order valence-corrected chi connectivity index (χ1v) is 10.3. The minimum Gasteiger partial charge on any atom is -0.343 e. The van der Waals surface area contributed by atoms with Gasteiger partial charge in [-0.15, -0.1) is 0 Å². The Bertz CT molecular complexity index is 1210. The molecule has 0 spiro atoms. The van der Waals surface area contributed by atoms with Gasteiger partial charge in [0.25, 0.3) is 5.89 Å². The van der Waals surface area contributed by atoms with E-state index in [0.29, 0.717) is 18.1 Å². The third kappa shape index (κ3) is 4.31. The number of rotatable bonds is 6. The smallest absolute Gasteiger partial charge is 0.257 e. The minimum absolute atomic E-state index is 0.499. The van der Waals surface area contributed by atoms with Crippen molar-refractivity contribution < 1.29 is 9.32 Å². The Labute approximate surface area is 179 Å². The molecule has 1 aliphatic heterocycles. The number of aromatic nitrogens is 5. The van der Waals surface area contributed by atoms with E-state index in [-0.39, 0.29) is 0 Å². The van der Waals surface area contributed by atoms with E-state index in [0.717, 1.165) is 67.2 Å². The van der Waals surface area contributed by atoms with Gasteiger partial charge in [0.2, 0.25) is 6.41 Å². The first kappa shape index (κ1) is 19.4. The molecule has 1 amide bonds.